The molecule has 0 fully saturated rings. The van der Waals surface area contributed by atoms with Gasteiger partial charge in [-0.05, 0) is 42.4 Å². The molecule has 7 heteroatoms. The van der Waals surface area contributed by atoms with Crippen LogP contribution in [0.4, 0.5) is 0 Å². The van der Waals surface area contributed by atoms with Crippen molar-refractivity contribution in [2.75, 3.05) is 14.2 Å². The number of carbonyl (C=O) groups is 1. The van der Waals surface area contributed by atoms with Gasteiger partial charge < -0.3 is 24.8 Å². The maximum Gasteiger partial charge on any atom is 0.338 e. The normalized spacial score (nSPS) is 16.1. The van der Waals surface area contributed by atoms with Crippen LogP contribution in [-0.2, 0) is 16.1 Å². The summed E-state index contributed by atoms with van der Waals surface area (Å²) in [5, 5.41) is 6.59. The average molecular weight is 398 g/mol. The van der Waals surface area contributed by atoms with Gasteiger partial charge in [-0.15, -0.1) is 0 Å². The third kappa shape index (κ3) is 4.26. The molecule has 0 aliphatic carbocycles. The lowest BCUT2D eigenvalue weighted by molar-refractivity contribution is -0.140. The second-order valence-corrected chi connectivity index (χ2v) is 6.65. The highest BCUT2D eigenvalue weighted by Gasteiger charge is 2.31. The largest absolute Gasteiger partial charge is 0.493 e. The first-order chi connectivity index (χ1) is 13.5. The van der Waals surface area contributed by atoms with Crippen LogP contribution in [0.1, 0.15) is 24.1 Å². The second-order valence-electron chi connectivity index (χ2n) is 6.25. The molecule has 146 valence electrons. The molecule has 2 aromatic carbocycles. The highest BCUT2D eigenvalue weighted by molar-refractivity contribution is 7.80. The standard InChI is InChI=1S/C21H22N2O4S/c1-13-18(20(24)27-12-14-7-5-4-6-8-14)19(23-21(28)22-13)15-9-10-16(25-2)17(11-15)26-3/h4-11,19H,12H2,1-3H3,(H2,22,23,28)/t19-/m1/s1. The van der Waals surface area contributed by atoms with Crippen LogP contribution in [0.2, 0.25) is 0 Å². The molecule has 1 atom stereocenters. The van der Waals surface area contributed by atoms with Crippen LogP contribution in [0.5, 0.6) is 11.5 Å². The fraction of sp³-hybridized carbons (Fsp3) is 0.238. The van der Waals surface area contributed by atoms with Crippen molar-refractivity contribution < 1.29 is 19.0 Å². The Balaban J connectivity index is 1.89. The molecule has 6 nitrogen and oxygen atoms in total. The summed E-state index contributed by atoms with van der Waals surface area (Å²) in [5.41, 5.74) is 2.86. The molecule has 1 heterocycles. The zero-order valence-electron chi connectivity index (χ0n) is 15.9. The van der Waals surface area contributed by atoms with Crippen LogP contribution < -0.4 is 20.1 Å². The Morgan fingerprint density at radius 2 is 1.79 bits per heavy atom. The lowest BCUT2D eigenvalue weighted by Crippen LogP contribution is -2.45. The van der Waals surface area contributed by atoms with E-state index in [-0.39, 0.29) is 6.61 Å². The van der Waals surface area contributed by atoms with Crippen molar-refractivity contribution in [3.63, 3.8) is 0 Å². The molecule has 0 saturated heterocycles. The number of hydrogen-bond acceptors (Lipinski definition) is 5. The summed E-state index contributed by atoms with van der Waals surface area (Å²) >= 11 is 5.29. The van der Waals surface area contributed by atoms with E-state index in [0.717, 1.165) is 11.1 Å². The summed E-state index contributed by atoms with van der Waals surface area (Å²) in [4.78, 5) is 12.9. The van der Waals surface area contributed by atoms with Crippen LogP contribution in [0.3, 0.4) is 0 Å². The van der Waals surface area contributed by atoms with Crippen LogP contribution in [0.15, 0.2) is 59.8 Å². The van der Waals surface area contributed by atoms with Gasteiger partial charge in [-0.25, -0.2) is 4.79 Å². The van der Waals surface area contributed by atoms with Gasteiger partial charge in [0.15, 0.2) is 16.6 Å². The van der Waals surface area contributed by atoms with E-state index in [1.165, 1.54) is 0 Å². The summed E-state index contributed by atoms with van der Waals surface area (Å²) in [5.74, 6) is 0.765. The predicted molar refractivity (Wildman–Crippen MR) is 110 cm³/mol. The number of ether oxygens (including phenoxy) is 3. The Kier molecular flexibility index (Phi) is 6.16. The maximum atomic E-state index is 12.9. The first-order valence-corrected chi connectivity index (χ1v) is 9.15. The molecule has 0 aromatic heterocycles. The summed E-state index contributed by atoms with van der Waals surface area (Å²) in [6.45, 7) is 2.00. The Hall–Kier alpha value is -3.06. The quantitative estimate of drug-likeness (QED) is 0.572. The van der Waals surface area contributed by atoms with Crippen LogP contribution in [0.25, 0.3) is 0 Å². The van der Waals surface area contributed by atoms with Crippen molar-refractivity contribution in [1.29, 1.82) is 0 Å². The number of esters is 1. The summed E-state index contributed by atoms with van der Waals surface area (Å²) in [6.07, 6.45) is 0. The highest BCUT2D eigenvalue weighted by atomic mass is 32.1. The molecule has 0 bridgehead atoms. The molecular weight excluding hydrogens is 376 g/mol. The molecule has 0 radical (unpaired) electrons. The Morgan fingerprint density at radius 3 is 2.46 bits per heavy atom. The van der Waals surface area contributed by atoms with Gasteiger partial charge in [-0.2, -0.15) is 0 Å². The third-order valence-electron chi connectivity index (χ3n) is 4.44. The SMILES string of the molecule is COc1ccc([C@H]2NC(=S)NC(C)=C2C(=O)OCc2ccccc2)cc1OC. The molecule has 28 heavy (non-hydrogen) atoms. The number of thiocarbonyl (C=S) groups is 1. The molecular formula is C21H22N2O4S. The van der Waals surface area contributed by atoms with E-state index < -0.39 is 12.0 Å². The number of carbonyl (C=O) groups excluding carboxylic acids is 1. The fourth-order valence-corrected chi connectivity index (χ4v) is 3.32. The van der Waals surface area contributed by atoms with E-state index in [2.05, 4.69) is 10.6 Å². The smallest absolute Gasteiger partial charge is 0.338 e. The molecule has 2 N–H and O–H groups in total. The van der Waals surface area contributed by atoms with Crippen molar-refractivity contribution in [2.45, 2.75) is 19.6 Å². The Labute approximate surface area is 169 Å². The van der Waals surface area contributed by atoms with E-state index in [1.807, 2.05) is 42.5 Å². The van der Waals surface area contributed by atoms with Gasteiger partial charge in [0.1, 0.15) is 6.61 Å². The lowest BCUT2D eigenvalue weighted by atomic mass is 9.95. The zero-order chi connectivity index (χ0) is 20.1. The molecule has 0 unspecified atom stereocenters. The number of benzene rings is 2. The Morgan fingerprint density at radius 1 is 1.07 bits per heavy atom. The third-order valence-corrected chi connectivity index (χ3v) is 4.66. The van der Waals surface area contributed by atoms with E-state index in [9.17, 15) is 4.79 Å². The number of methoxy groups -OCH3 is 2. The first-order valence-electron chi connectivity index (χ1n) is 8.74. The molecule has 0 spiro atoms. The van der Waals surface area contributed by atoms with E-state index in [0.29, 0.717) is 27.9 Å². The monoisotopic (exact) mass is 398 g/mol. The van der Waals surface area contributed by atoms with Gasteiger partial charge in [-0.1, -0.05) is 36.4 Å². The number of allylic oxidation sites excluding steroid dienone is 1. The molecule has 0 amide bonds. The highest BCUT2D eigenvalue weighted by Crippen LogP contribution is 2.34. The van der Waals surface area contributed by atoms with Crippen LogP contribution >= 0.6 is 12.2 Å². The van der Waals surface area contributed by atoms with Crippen molar-refractivity contribution >= 4 is 23.3 Å². The average Bonchev–Trinajstić information content (AvgIpc) is 2.71. The van der Waals surface area contributed by atoms with Crippen molar-refractivity contribution in [3.8, 4) is 11.5 Å². The van der Waals surface area contributed by atoms with Gasteiger partial charge in [-0.3, -0.25) is 0 Å². The maximum absolute atomic E-state index is 12.9. The summed E-state index contributed by atoms with van der Waals surface area (Å²) in [6, 6.07) is 14.6. The van der Waals surface area contributed by atoms with E-state index in [4.69, 9.17) is 26.4 Å². The first kappa shape index (κ1) is 19.7. The van der Waals surface area contributed by atoms with Gasteiger partial charge in [0, 0.05) is 5.70 Å². The molecule has 0 saturated carbocycles. The van der Waals surface area contributed by atoms with Crippen LogP contribution in [0, 0.1) is 0 Å². The Bertz CT molecular complexity index is 912. The second kappa shape index (κ2) is 8.75. The fourth-order valence-electron chi connectivity index (χ4n) is 3.05. The minimum absolute atomic E-state index is 0.194. The summed E-state index contributed by atoms with van der Waals surface area (Å²) < 4.78 is 16.2. The van der Waals surface area contributed by atoms with Gasteiger partial charge >= 0.3 is 5.97 Å². The molecule has 1 aliphatic rings. The predicted octanol–water partition coefficient (Wildman–Crippen LogP) is 3.24. The topological polar surface area (TPSA) is 68.8 Å². The lowest BCUT2D eigenvalue weighted by Gasteiger charge is -2.30. The van der Waals surface area contributed by atoms with Gasteiger partial charge in [0.2, 0.25) is 0 Å². The molecule has 2 aromatic rings. The summed E-state index contributed by atoms with van der Waals surface area (Å²) in [7, 11) is 3.14. The van der Waals surface area contributed by atoms with Gasteiger partial charge in [0.05, 0.1) is 25.8 Å². The van der Waals surface area contributed by atoms with E-state index in [1.54, 1.807) is 27.2 Å². The number of nitrogens with one attached hydrogen (secondary N) is 2. The number of hydrogen-bond donors (Lipinski definition) is 2. The zero-order valence-corrected chi connectivity index (χ0v) is 16.8. The minimum Gasteiger partial charge on any atom is -0.493 e. The minimum atomic E-state index is -0.461. The molecule has 3 rings (SSSR count). The molecule has 1 aliphatic heterocycles. The van der Waals surface area contributed by atoms with Gasteiger partial charge in [0.25, 0.3) is 0 Å². The van der Waals surface area contributed by atoms with Crippen LogP contribution in [-0.4, -0.2) is 25.3 Å². The van der Waals surface area contributed by atoms with Crippen molar-refractivity contribution in [2.24, 2.45) is 0 Å². The van der Waals surface area contributed by atoms with Crippen molar-refractivity contribution in [1.82, 2.24) is 10.6 Å². The number of rotatable bonds is 6. The van der Waals surface area contributed by atoms with Crippen molar-refractivity contribution in [3.05, 3.63) is 70.9 Å². The van der Waals surface area contributed by atoms with E-state index >= 15 is 0 Å².